The van der Waals surface area contributed by atoms with Crippen molar-refractivity contribution >= 4 is 11.6 Å². The molecule has 118 valence electrons. The fourth-order valence-electron chi connectivity index (χ4n) is 2.77. The first-order valence-electron chi connectivity index (χ1n) is 7.55. The molecule has 0 amide bonds. The van der Waals surface area contributed by atoms with Crippen LogP contribution in [0.4, 0.5) is 0 Å². The van der Waals surface area contributed by atoms with Gasteiger partial charge in [-0.1, -0.05) is 16.8 Å². The zero-order valence-electron chi connectivity index (χ0n) is 13.2. The van der Waals surface area contributed by atoms with Crippen molar-refractivity contribution in [3.63, 3.8) is 0 Å². The van der Waals surface area contributed by atoms with Gasteiger partial charge in [-0.2, -0.15) is 0 Å². The molecule has 0 N–H and O–H groups in total. The van der Waals surface area contributed by atoms with Gasteiger partial charge in [0.25, 0.3) is 0 Å². The summed E-state index contributed by atoms with van der Waals surface area (Å²) in [5.74, 6) is 0.758. The maximum absolute atomic E-state index is 6.24. The normalized spacial score (nSPS) is 15.1. The van der Waals surface area contributed by atoms with Crippen molar-refractivity contribution in [3.8, 4) is 5.75 Å². The summed E-state index contributed by atoms with van der Waals surface area (Å²) in [5, 5.41) is 9.10. The van der Waals surface area contributed by atoms with Crippen molar-refractivity contribution in [1.82, 2.24) is 19.9 Å². The Labute approximate surface area is 135 Å². The summed E-state index contributed by atoms with van der Waals surface area (Å²) in [6.07, 6.45) is 3.03. The average Bonchev–Trinajstić information content (AvgIpc) is 2.95. The molecule has 22 heavy (non-hydrogen) atoms. The summed E-state index contributed by atoms with van der Waals surface area (Å²) < 4.78 is 7.19. The molecular formula is C16H21ClN4O. The molecule has 2 heterocycles. The Morgan fingerprint density at radius 2 is 2.14 bits per heavy atom. The van der Waals surface area contributed by atoms with E-state index in [1.54, 1.807) is 7.11 Å². The second kappa shape index (κ2) is 6.26. The van der Waals surface area contributed by atoms with Crippen LogP contribution in [0, 0.1) is 0 Å². The first kappa shape index (κ1) is 15.3. The number of methoxy groups -OCH3 is 1. The predicted molar refractivity (Wildman–Crippen MR) is 86.2 cm³/mol. The molecule has 0 spiro atoms. The quantitative estimate of drug-likeness (QED) is 0.868. The average molecular weight is 321 g/mol. The van der Waals surface area contributed by atoms with E-state index in [1.165, 1.54) is 11.1 Å². The smallest absolute Gasteiger partial charge is 0.137 e. The van der Waals surface area contributed by atoms with Crippen LogP contribution >= 0.6 is 11.6 Å². The molecule has 2 aromatic rings. The van der Waals surface area contributed by atoms with Gasteiger partial charge in [0.15, 0.2) is 0 Å². The Morgan fingerprint density at radius 1 is 1.32 bits per heavy atom. The van der Waals surface area contributed by atoms with Crippen molar-refractivity contribution in [2.45, 2.75) is 39.4 Å². The Kier molecular flexibility index (Phi) is 4.36. The van der Waals surface area contributed by atoms with Gasteiger partial charge >= 0.3 is 0 Å². The van der Waals surface area contributed by atoms with Crippen molar-refractivity contribution in [1.29, 1.82) is 0 Å². The summed E-state index contributed by atoms with van der Waals surface area (Å²) in [7, 11) is 1.65. The number of rotatable bonds is 4. The van der Waals surface area contributed by atoms with E-state index in [0.717, 1.165) is 37.5 Å². The highest BCUT2D eigenvalue weighted by Gasteiger charge is 2.19. The minimum absolute atomic E-state index is 0.342. The van der Waals surface area contributed by atoms with Crippen molar-refractivity contribution in [3.05, 3.63) is 40.2 Å². The standard InChI is InChI=1S/C16H21ClN4O/c1-11(2)21-10-14(18-19-21)9-20-5-4-12-7-16(22-3)15(17)6-13(12)8-20/h6-7,10-11H,4-5,8-9H2,1-3H3. The molecule has 6 heteroatoms. The molecule has 1 aliphatic heterocycles. The molecule has 0 atom stereocenters. The van der Waals surface area contributed by atoms with Crippen LogP contribution in [0.25, 0.3) is 0 Å². The van der Waals surface area contributed by atoms with Crippen LogP contribution in [0.1, 0.15) is 36.7 Å². The van der Waals surface area contributed by atoms with Gasteiger partial charge in [-0.05, 0) is 43.5 Å². The van der Waals surface area contributed by atoms with Crippen LogP contribution in [-0.2, 0) is 19.5 Å². The lowest BCUT2D eigenvalue weighted by Gasteiger charge is -2.28. The number of hydrogen-bond acceptors (Lipinski definition) is 4. The van der Waals surface area contributed by atoms with Crippen LogP contribution in [0.5, 0.6) is 5.75 Å². The molecule has 3 rings (SSSR count). The Balaban J connectivity index is 1.72. The zero-order valence-corrected chi connectivity index (χ0v) is 14.0. The van der Waals surface area contributed by atoms with Crippen LogP contribution in [-0.4, -0.2) is 33.5 Å². The number of hydrogen-bond donors (Lipinski definition) is 0. The maximum Gasteiger partial charge on any atom is 0.137 e. The first-order chi connectivity index (χ1) is 10.6. The number of halogens is 1. The van der Waals surface area contributed by atoms with Crippen LogP contribution < -0.4 is 4.74 Å². The topological polar surface area (TPSA) is 43.2 Å². The highest BCUT2D eigenvalue weighted by molar-refractivity contribution is 6.32. The SMILES string of the molecule is COc1cc2c(cc1Cl)CN(Cc1cn(C(C)C)nn1)CC2. The van der Waals surface area contributed by atoms with E-state index >= 15 is 0 Å². The minimum Gasteiger partial charge on any atom is -0.495 e. The van der Waals surface area contributed by atoms with E-state index in [1.807, 2.05) is 16.9 Å². The highest BCUT2D eigenvalue weighted by Crippen LogP contribution is 2.31. The summed E-state index contributed by atoms with van der Waals surface area (Å²) in [6, 6.07) is 4.42. The molecule has 1 aromatic heterocycles. The van der Waals surface area contributed by atoms with E-state index in [0.29, 0.717) is 11.1 Å². The summed E-state index contributed by atoms with van der Waals surface area (Å²) in [5.41, 5.74) is 3.60. The van der Waals surface area contributed by atoms with Crippen LogP contribution in [0.2, 0.25) is 5.02 Å². The van der Waals surface area contributed by atoms with Gasteiger partial charge in [-0.3, -0.25) is 4.90 Å². The number of fused-ring (bicyclic) bond motifs is 1. The second-order valence-corrected chi connectivity index (χ2v) is 6.41. The molecule has 0 radical (unpaired) electrons. The Morgan fingerprint density at radius 3 is 2.82 bits per heavy atom. The van der Waals surface area contributed by atoms with E-state index < -0.39 is 0 Å². The third-order valence-electron chi connectivity index (χ3n) is 4.04. The fraction of sp³-hybridized carbons (Fsp3) is 0.500. The Hall–Kier alpha value is -1.59. The van der Waals surface area contributed by atoms with Gasteiger partial charge in [0.05, 0.1) is 24.0 Å². The summed E-state index contributed by atoms with van der Waals surface area (Å²) >= 11 is 6.24. The number of ether oxygens (including phenoxy) is 1. The number of nitrogens with zero attached hydrogens (tertiary/aromatic N) is 4. The maximum atomic E-state index is 6.24. The largest absolute Gasteiger partial charge is 0.495 e. The highest BCUT2D eigenvalue weighted by atomic mass is 35.5. The molecule has 0 unspecified atom stereocenters. The van der Waals surface area contributed by atoms with E-state index in [9.17, 15) is 0 Å². The van der Waals surface area contributed by atoms with Crippen LogP contribution in [0.3, 0.4) is 0 Å². The fourth-order valence-corrected chi connectivity index (χ4v) is 3.04. The van der Waals surface area contributed by atoms with Gasteiger partial charge in [0.2, 0.25) is 0 Å². The predicted octanol–water partition coefficient (Wildman–Crippen LogP) is 3.08. The monoisotopic (exact) mass is 320 g/mol. The molecule has 1 aromatic carbocycles. The molecule has 5 nitrogen and oxygen atoms in total. The second-order valence-electron chi connectivity index (χ2n) is 6.00. The molecule has 0 fully saturated rings. The Bertz CT molecular complexity index is 668. The lowest BCUT2D eigenvalue weighted by atomic mass is 9.99. The van der Waals surface area contributed by atoms with Gasteiger partial charge in [-0.25, -0.2) is 4.68 Å². The van der Waals surface area contributed by atoms with Crippen molar-refractivity contribution < 1.29 is 4.74 Å². The molecule has 1 aliphatic rings. The van der Waals surface area contributed by atoms with E-state index in [-0.39, 0.29) is 0 Å². The van der Waals surface area contributed by atoms with Crippen molar-refractivity contribution in [2.24, 2.45) is 0 Å². The molecule has 0 saturated heterocycles. The van der Waals surface area contributed by atoms with E-state index in [4.69, 9.17) is 16.3 Å². The van der Waals surface area contributed by atoms with Crippen LogP contribution in [0.15, 0.2) is 18.3 Å². The molecule has 0 aliphatic carbocycles. The summed E-state index contributed by atoms with van der Waals surface area (Å²) in [6.45, 7) is 6.91. The van der Waals surface area contributed by atoms with E-state index in [2.05, 4.69) is 35.1 Å². The summed E-state index contributed by atoms with van der Waals surface area (Å²) in [4.78, 5) is 2.37. The van der Waals surface area contributed by atoms with Gasteiger partial charge < -0.3 is 4.74 Å². The number of aromatic nitrogens is 3. The molecule has 0 saturated carbocycles. The molecule has 0 bridgehead atoms. The van der Waals surface area contributed by atoms with Gasteiger partial charge in [-0.15, -0.1) is 5.10 Å². The third-order valence-corrected chi connectivity index (χ3v) is 4.33. The zero-order chi connectivity index (χ0) is 15.7. The lowest BCUT2D eigenvalue weighted by molar-refractivity contribution is 0.242. The van der Waals surface area contributed by atoms with Gasteiger partial charge in [0.1, 0.15) is 5.75 Å². The lowest BCUT2D eigenvalue weighted by Crippen LogP contribution is -2.30. The minimum atomic E-state index is 0.342. The molecular weight excluding hydrogens is 300 g/mol. The number of benzene rings is 1. The third kappa shape index (κ3) is 3.10. The first-order valence-corrected chi connectivity index (χ1v) is 7.93. The van der Waals surface area contributed by atoms with Gasteiger partial charge in [0, 0.05) is 25.7 Å². The van der Waals surface area contributed by atoms with Crippen molar-refractivity contribution in [2.75, 3.05) is 13.7 Å².